The highest BCUT2D eigenvalue weighted by molar-refractivity contribution is 9.10. The van der Waals surface area contributed by atoms with Gasteiger partial charge in [-0.25, -0.2) is 8.42 Å². The third kappa shape index (κ3) is 3.16. The molecule has 0 N–H and O–H groups in total. The van der Waals surface area contributed by atoms with Gasteiger partial charge in [-0.1, -0.05) is 39.9 Å². The number of sulfone groups is 1. The Morgan fingerprint density at radius 3 is 2.50 bits per heavy atom. The lowest BCUT2D eigenvalue weighted by Gasteiger charge is -2.12. The molecule has 1 rings (SSSR count). The standard InChI is InChI=1S/C9H9BrO3S/c1-14(12,13)6-9(11)7-4-2-3-5-8(7)10/h2-6,11H,1H3/p-1/b9-6-. The molecule has 0 aromatic heterocycles. The summed E-state index contributed by atoms with van der Waals surface area (Å²) in [5.74, 6) is -0.514. The van der Waals surface area contributed by atoms with Gasteiger partial charge in [0.25, 0.3) is 0 Å². The summed E-state index contributed by atoms with van der Waals surface area (Å²) in [6, 6.07) is 6.67. The minimum atomic E-state index is -3.38. The number of benzene rings is 1. The average Bonchev–Trinajstić information content (AvgIpc) is 2.01. The topological polar surface area (TPSA) is 57.2 Å². The predicted octanol–water partition coefficient (Wildman–Crippen LogP) is 1.15. The normalized spacial score (nSPS) is 12.9. The molecule has 1 aromatic rings. The molecule has 1 aromatic carbocycles. The average molecular weight is 276 g/mol. The Bertz CT molecular complexity index is 463. The quantitative estimate of drug-likeness (QED) is 0.761. The summed E-state index contributed by atoms with van der Waals surface area (Å²) < 4.78 is 22.3. The number of hydrogen-bond donors (Lipinski definition) is 0. The van der Waals surface area contributed by atoms with Gasteiger partial charge in [-0.05, 0) is 11.6 Å². The Labute approximate surface area is 91.1 Å². The minimum Gasteiger partial charge on any atom is -0.872 e. The van der Waals surface area contributed by atoms with Crippen molar-refractivity contribution in [3.8, 4) is 0 Å². The Balaban J connectivity index is 3.20. The Hall–Kier alpha value is -0.810. The van der Waals surface area contributed by atoms with Crippen molar-refractivity contribution < 1.29 is 13.5 Å². The molecule has 3 nitrogen and oxygen atoms in total. The lowest BCUT2D eigenvalue weighted by Crippen LogP contribution is -2.05. The van der Waals surface area contributed by atoms with Crippen LogP contribution < -0.4 is 5.11 Å². The summed E-state index contributed by atoms with van der Waals surface area (Å²) in [5.41, 5.74) is 0.345. The van der Waals surface area contributed by atoms with Crippen molar-refractivity contribution in [1.82, 2.24) is 0 Å². The fourth-order valence-electron chi connectivity index (χ4n) is 0.919. The zero-order valence-corrected chi connectivity index (χ0v) is 9.80. The second-order valence-corrected chi connectivity index (χ2v) is 5.54. The molecule has 0 amide bonds. The molecule has 0 aliphatic heterocycles. The summed E-state index contributed by atoms with van der Waals surface area (Å²) in [4.78, 5) is 0. The summed E-state index contributed by atoms with van der Waals surface area (Å²) in [6.07, 6.45) is 0.988. The molecule has 0 unspecified atom stereocenters. The van der Waals surface area contributed by atoms with Gasteiger partial charge in [0.2, 0.25) is 0 Å². The summed E-state index contributed by atoms with van der Waals surface area (Å²) in [5, 5.41) is 12.1. The molecule has 76 valence electrons. The molecule has 0 spiro atoms. The second kappa shape index (κ2) is 4.14. The van der Waals surface area contributed by atoms with E-state index in [1.165, 1.54) is 0 Å². The summed E-state index contributed by atoms with van der Waals surface area (Å²) in [7, 11) is -3.38. The van der Waals surface area contributed by atoms with Crippen LogP contribution in [0.25, 0.3) is 5.76 Å². The van der Waals surface area contributed by atoms with Crippen molar-refractivity contribution in [2.75, 3.05) is 6.26 Å². The third-order valence-corrected chi connectivity index (χ3v) is 2.79. The smallest absolute Gasteiger partial charge is 0.168 e. The van der Waals surface area contributed by atoms with Gasteiger partial charge < -0.3 is 5.11 Å². The van der Waals surface area contributed by atoms with Gasteiger partial charge in [0.15, 0.2) is 9.84 Å². The number of halogens is 1. The summed E-state index contributed by atoms with van der Waals surface area (Å²) >= 11 is 3.17. The first-order valence-corrected chi connectivity index (χ1v) is 6.48. The van der Waals surface area contributed by atoms with Crippen molar-refractivity contribution in [3.63, 3.8) is 0 Å². The van der Waals surface area contributed by atoms with Gasteiger partial charge >= 0.3 is 0 Å². The Morgan fingerprint density at radius 1 is 1.43 bits per heavy atom. The SMILES string of the molecule is CS(=O)(=O)/C=C(\[O-])c1ccccc1Br. The molecule has 0 saturated heterocycles. The van der Waals surface area contributed by atoms with E-state index in [9.17, 15) is 13.5 Å². The maximum absolute atomic E-state index is 11.4. The van der Waals surface area contributed by atoms with Crippen LogP contribution in [0.5, 0.6) is 0 Å². The zero-order valence-electron chi connectivity index (χ0n) is 7.40. The fraction of sp³-hybridized carbons (Fsp3) is 0.111. The van der Waals surface area contributed by atoms with Gasteiger partial charge in [0.1, 0.15) is 0 Å². The van der Waals surface area contributed by atoms with E-state index in [-0.39, 0.29) is 0 Å². The first kappa shape index (κ1) is 11.3. The lowest BCUT2D eigenvalue weighted by atomic mass is 10.2. The van der Waals surface area contributed by atoms with Crippen LogP contribution in [0.15, 0.2) is 34.1 Å². The van der Waals surface area contributed by atoms with Crippen LogP contribution in [0.2, 0.25) is 0 Å². The molecule has 0 bridgehead atoms. The van der Waals surface area contributed by atoms with Gasteiger partial charge in [0.05, 0.1) is 0 Å². The molecular weight excluding hydrogens is 268 g/mol. The van der Waals surface area contributed by atoms with Crippen molar-refractivity contribution in [2.45, 2.75) is 0 Å². The number of rotatable bonds is 2. The maximum atomic E-state index is 11.4. The molecule has 0 atom stereocenters. The molecule has 14 heavy (non-hydrogen) atoms. The Morgan fingerprint density at radius 2 is 2.00 bits per heavy atom. The van der Waals surface area contributed by atoms with Crippen molar-refractivity contribution in [2.24, 2.45) is 0 Å². The molecule has 0 radical (unpaired) electrons. The minimum absolute atomic E-state index is 0.345. The fourth-order valence-corrected chi connectivity index (χ4v) is 1.91. The summed E-state index contributed by atoms with van der Waals surface area (Å²) in [6.45, 7) is 0. The highest BCUT2D eigenvalue weighted by atomic mass is 79.9. The van der Waals surface area contributed by atoms with E-state index < -0.39 is 15.6 Å². The second-order valence-electron chi connectivity index (χ2n) is 2.79. The van der Waals surface area contributed by atoms with Crippen LogP contribution in [0, 0.1) is 0 Å². The first-order valence-electron chi connectivity index (χ1n) is 3.74. The molecule has 0 fully saturated rings. The molecule has 0 saturated carbocycles. The van der Waals surface area contributed by atoms with E-state index in [1.807, 2.05) is 0 Å². The van der Waals surface area contributed by atoms with Crippen LogP contribution >= 0.6 is 15.9 Å². The maximum Gasteiger partial charge on any atom is 0.168 e. The predicted molar refractivity (Wildman–Crippen MR) is 57.0 cm³/mol. The molecular formula is C9H8BrO3S-. The van der Waals surface area contributed by atoms with Crippen LogP contribution in [0.4, 0.5) is 0 Å². The van der Waals surface area contributed by atoms with E-state index in [0.717, 1.165) is 6.26 Å². The zero-order chi connectivity index (χ0) is 10.8. The largest absolute Gasteiger partial charge is 0.872 e. The van der Waals surface area contributed by atoms with Crippen molar-refractivity contribution in [1.29, 1.82) is 0 Å². The van der Waals surface area contributed by atoms with Crippen LogP contribution in [0.3, 0.4) is 0 Å². The highest BCUT2D eigenvalue weighted by Gasteiger charge is 2.00. The highest BCUT2D eigenvalue weighted by Crippen LogP contribution is 2.20. The van der Waals surface area contributed by atoms with E-state index in [0.29, 0.717) is 15.4 Å². The third-order valence-electron chi connectivity index (χ3n) is 1.46. The Kier molecular flexibility index (Phi) is 3.34. The van der Waals surface area contributed by atoms with E-state index >= 15 is 0 Å². The van der Waals surface area contributed by atoms with Gasteiger partial charge in [-0.3, -0.25) is 0 Å². The lowest BCUT2D eigenvalue weighted by molar-refractivity contribution is -0.243. The molecule has 5 heteroatoms. The van der Waals surface area contributed by atoms with Gasteiger partial charge in [-0.15, -0.1) is 0 Å². The van der Waals surface area contributed by atoms with E-state index in [2.05, 4.69) is 15.9 Å². The molecule has 0 aliphatic carbocycles. The van der Waals surface area contributed by atoms with Crippen molar-refractivity contribution >= 4 is 31.5 Å². The van der Waals surface area contributed by atoms with E-state index in [1.54, 1.807) is 24.3 Å². The van der Waals surface area contributed by atoms with Crippen LogP contribution in [0.1, 0.15) is 5.56 Å². The first-order chi connectivity index (χ1) is 6.40. The number of hydrogen-bond acceptors (Lipinski definition) is 3. The van der Waals surface area contributed by atoms with Gasteiger partial charge in [0, 0.05) is 16.1 Å². The molecule has 0 heterocycles. The van der Waals surface area contributed by atoms with E-state index in [4.69, 9.17) is 0 Å². The van der Waals surface area contributed by atoms with Crippen molar-refractivity contribution in [3.05, 3.63) is 39.7 Å². The molecule has 0 aliphatic rings. The van der Waals surface area contributed by atoms with Crippen LogP contribution in [-0.4, -0.2) is 14.7 Å². The van der Waals surface area contributed by atoms with Crippen LogP contribution in [-0.2, 0) is 9.84 Å². The monoisotopic (exact) mass is 275 g/mol. The van der Waals surface area contributed by atoms with Gasteiger partial charge in [-0.2, -0.15) is 0 Å².